The molecule has 0 saturated heterocycles. The van der Waals surface area contributed by atoms with E-state index in [0.29, 0.717) is 0 Å². The van der Waals surface area contributed by atoms with Crippen LogP contribution in [0.5, 0.6) is 0 Å². The van der Waals surface area contributed by atoms with Crippen LogP contribution in [0.2, 0.25) is 0 Å². The van der Waals surface area contributed by atoms with Gasteiger partial charge >= 0.3 is 0 Å². The number of fused-ring (bicyclic) bond motifs is 8. The van der Waals surface area contributed by atoms with Crippen molar-refractivity contribution < 1.29 is 0 Å². The quantitative estimate of drug-likeness (QED) is 0.615. The van der Waals surface area contributed by atoms with Crippen molar-refractivity contribution in [1.29, 1.82) is 0 Å². The smallest absolute Gasteiger partial charge is 0.00908 e. The predicted octanol–water partition coefficient (Wildman–Crippen LogP) is 3.77. The summed E-state index contributed by atoms with van der Waals surface area (Å²) in [5, 5.41) is 0. The highest BCUT2D eigenvalue weighted by Crippen LogP contribution is 3.30. The first-order chi connectivity index (χ1) is 13.9. The van der Waals surface area contributed by atoms with Gasteiger partial charge in [0.05, 0.1) is 0 Å². The Balaban J connectivity index is 1.14. The second-order valence-electron chi connectivity index (χ2n) is 16.6. The summed E-state index contributed by atoms with van der Waals surface area (Å²) in [5.74, 6) is 24.0. The molecule has 138 valence electrons. The molecule has 0 heterocycles. The Hall–Kier alpha value is 0. The van der Waals surface area contributed by atoms with Crippen LogP contribution in [0, 0.1) is 139 Å². The molecular weight excluding hydrogens is 336 g/mol. The summed E-state index contributed by atoms with van der Waals surface area (Å²) >= 11 is 0. The molecule has 0 nitrogen and oxygen atoms in total. The molecule has 24 unspecified atom stereocenters. The van der Waals surface area contributed by atoms with Crippen molar-refractivity contribution in [3.05, 3.63) is 0 Å². The van der Waals surface area contributed by atoms with Gasteiger partial charge in [-0.2, -0.15) is 0 Å². The molecule has 16 fully saturated rings. The number of hydrogen-bond acceptors (Lipinski definition) is 0. The monoisotopic (exact) mass is 362 g/mol. The van der Waals surface area contributed by atoms with Gasteiger partial charge in [-0.15, -0.1) is 0 Å². The molecule has 0 aromatic heterocycles. The highest BCUT2D eigenvalue weighted by Gasteiger charge is 3.27. The third-order valence-corrected chi connectivity index (χ3v) is 20.4. The minimum absolute atomic E-state index is 1.05. The van der Waals surface area contributed by atoms with Gasteiger partial charge < -0.3 is 0 Å². The molecule has 0 aliphatic heterocycles. The molecule has 16 saturated carbocycles. The Morgan fingerprint density at radius 2 is 1.29 bits per heavy atom. The van der Waals surface area contributed by atoms with Gasteiger partial charge in [-0.25, -0.2) is 0 Å². The van der Waals surface area contributed by atoms with Gasteiger partial charge in [0.2, 0.25) is 0 Å². The topological polar surface area (TPSA) is 0 Å². The second-order valence-corrected chi connectivity index (χ2v) is 16.6. The molecule has 0 aromatic carbocycles. The van der Waals surface area contributed by atoms with Crippen molar-refractivity contribution in [2.75, 3.05) is 0 Å². The van der Waals surface area contributed by atoms with Crippen LogP contribution >= 0.6 is 0 Å². The van der Waals surface area contributed by atoms with Crippen LogP contribution in [0.3, 0.4) is 0 Å². The molecule has 16 aliphatic rings. The average molecular weight is 363 g/mol. The van der Waals surface area contributed by atoms with E-state index in [9.17, 15) is 0 Å². The first kappa shape index (κ1) is 11.0. The zero-order valence-corrected chi connectivity index (χ0v) is 16.2. The van der Waals surface area contributed by atoms with Crippen LogP contribution in [0.15, 0.2) is 0 Å². The lowest BCUT2D eigenvalue weighted by atomic mass is 8.74. The molecule has 16 rings (SSSR count). The zero-order valence-electron chi connectivity index (χ0n) is 16.2. The summed E-state index contributed by atoms with van der Waals surface area (Å²) < 4.78 is 0. The molecule has 16 aliphatic carbocycles. The molecule has 0 bridgehead atoms. The van der Waals surface area contributed by atoms with Crippen molar-refractivity contribution >= 4 is 0 Å². The fraction of sp³-hybridized carbons (Fsp3) is 1.00. The Kier molecular flexibility index (Phi) is 0.814. The van der Waals surface area contributed by atoms with E-state index in [1.807, 2.05) is 0 Å². The Bertz CT molecular complexity index is 1230. The first-order valence-electron chi connectivity index (χ1n) is 13.9. The van der Waals surface area contributed by atoms with Crippen molar-refractivity contribution in [2.24, 2.45) is 139 Å². The van der Waals surface area contributed by atoms with E-state index in [0.717, 1.165) is 32.5 Å². The van der Waals surface area contributed by atoms with Crippen molar-refractivity contribution in [1.82, 2.24) is 0 Å². The minimum atomic E-state index is 1.05. The lowest BCUT2D eigenvalue weighted by molar-refractivity contribution is -0.836. The third-order valence-electron chi connectivity index (χ3n) is 20.4. The Morgan fingerprint density at radius 1 is 0.429 bits per heavy atom. The SMILES string of the molecule is C1C2C3C4C5CC6C7C8CC9C%10C%11C%12CC1C%121C%12C2C3C%12C%111C%101C2C4C56C72C891. The zero-order chi connectivity index (χ0) is 16.2. The minimum Gasteiger partial charge on any atom is -0.0464 e. The summed E-state index contributed by atoms with van der Waals surface area (Å²) in [6, 6.07) is 0. The molecule has 0 amide bonds. The van der Waals surface area contributed by atoms with Crippen LogP contribution in [0.25, 0.3) is 0 Å². The highest BCUT2D eigenvalue weighted by atomic mass is 15.3. The molecule has 0 aromatic rings. The van der Waals surface area contributed by atoms with Crippen LogP contribution < -0.4 is 0 Å². The lowest BCUT2D eigenvalue weighted by Crippen LogP contribution is -3.27. The molecule has 0 heteroatoms. The Labute approximate surface area is 164 Å². The van der Waals surface area contributed by atoms with Gasteiger partial charge in [0.1, 0.15) is 0 Å². The van der Waals surface area contributed by atoms with Gasteiger partial charge in [-0.1, -0.05) is 0 Å². The highest BCUT2D eigenvalue weighted by molar-refractivity contribution is 5.73. The largest absolute Gasteiger partial charge is 0.0464 e. The van der Waals surface area contributed by atoms with Gasteiger partial charge in [0, 0.05) is 0 Å². The van der Waals surface area contributed by atoms with E-state index < -0.39 is 0 Å². The maximum atomic E-state index is 1.78. The third kappa shape index (κ3) is 0.372. The fourth-order valence-electron chi connectivity index (χ4n) is 23.2. The van der Waals surface area contributed by atoms with Gasteiger partial charge in [0.25, 0.3) is 0 Å². The number of rotatable bonds is 0. The van der Waals surface area contributed by atoms with Crippen molar-refractivity contribution in [3.63, 3.8) is 0 Å². The van der Waals surface area contributed by atoms with Crippen LogP contribution in [-0.2, 0) is 0 Å². The van der Waals surface area contributed by atoms with Gasteiger partial charge in [-0.05, 0) is 165 Å². The van der Waals surface area contributed by atoms with Crippen LogP contribution in [0.1, 0.15) is 25.7 Å². The predicted molar refractivity (Wildman–Crippen MR) is 95.9 cm³/mol. The van der Waals surface area contributed by atoms with Gasteiger partial charge in [-0.3, -0.25) is 0 Å². The lowest BCUT2D eigenvalue weighted by Gasteiger charge is -3.29. The standard InChI is InChI=1S/C28H26/c1-5-2-8-17-18-11-4-10-16-9-3-7-14-12-6(1)13-15(12)20-19(13)23(5,8)26(17,20)28(18)22-21(14)24(7,9)27(16,22)25(10,11)28/h5-22H,1-4H2. The summed E-state index contributed by atoms with van der Waals surface area (Å²) in [6.45, 7) is 0. The summed E-state index contributed by atoms with van der Waals surface area (Å²) in [4.78, 5) is 0. The molecule has 0 N–H and O–H groups in total. The summed E-state index contributed by atoms with van der Waals surface area (Å²) in [6.07, 6.45) is 7.09. The van der Waals surface area contributed by atoms with Crippen molar-refractivity contribution in [2.45, 2.75) is 25.7 Å². The van der Waals surface area contributed by atoms with E-state index in [1.54, 1.807) is 25.7 Å². The number of hydrogen-bond donors (Lipinski definition) is 0. The van der Waals surface area contributed by atoms with E-state index in [4.69, 9.17) is 0 Å². The Morgan fingerprint density at radius 3 is 2.29 bits per heavy atom. The van der Waals surface area contributed by atoms with Crippen molar-refractivity contribution in [3.8, 4) is 0 Å². The summed E-state index contributed by atoms with van der Waals surface area (Å²) in [7, 11) is 0. The summed E-state index contributed by atoms with van der Waals surface area (Å²) in [5.41, 5.74) is 6.43. The van der Waals surface area contributed by atoms with E-state index in [-0.39, 0.29) is 0 Å². The van der Waals surface area contributed by atoms with Crippen LogP contribution in [-0.4, -0.2) is 0 Å². The molecule has 28 heavy (non-hydrogen) atoms. The molecule has 6 spiro atoms. The van der Waals surface area contributed by atoms with E-state index in [2.05, 4.69) is 0 Å². The van der Waals surface area contributed by atoms with E-state index in [1.165, 1.54) is 107 Å². The second kappa shape index (κ2) is 2.07. The van der Waals surface area contributed by atoms with Gasteiger partial charge in [0.15, 0.2) is 0 Å². The fourth-order valence-corrected chi connectivity index (χ4v) is 23.2. The average Bonchev–Trinajstić information content (AvgIpc) is 2.57. The first-order valence-corrected chi connectivity index (χ1v) is 13.9. The molecule has 24 atom stereocenters. The molecule has 0 radical (unpaired) electrons. The normalized spacial score (nSPS) is 114. The molecular formula is C28H26. The van der Waals surface area contributed by atoms with E-state index >= 15 is 0 Å². The van der Waals surface area contributed by atoms with Crippen LogP contribution in [0.4, 0.5) is 0 Å². The maximum Gasteiger partial charge on any atom is -0.00908 e. The maximum absolute atomic E-state index is 1.78.